The lowest BCUT2D eigenvalue weighted by Crippen LogP contribution is -2.29. The number of aliphatic carboxylic acids is 1. The first-order valence-electron chi connectivity index (χ1n) is 10.5. The van der Waals surface area contributed by atoms with Gasteiger partial charge in [-0.1, -0.05) is 24.3 Å². The largest absolute Gasteiger partial charge is 0.490 e. The number of Topliss-reactive ketones (excluding diaryl/α,β-unsaturated/α-hetero) is 1. The van der Waals surface area contributed by atoms with Gasteiger partial charge in [0.15, 0.2) is 23.9 Å². The Labute approximate surface area is 204 Å². The van der Waals surface area contributed by atoms with Crippen LogP contribution in [0, 0.1) is 0 Å². The van der Waals surface area contributed by atoms with Gasteiger partial charge in [-0.15, -0.1) is 0 Å². The molecule has 0 radical (unpaired) electrons. The molecule has 1 heterocycles. The number of carbonyl (C=O) groups excluding carboxylic acids is 2. The number of dihydropyridines is 1. The monoisotopic (exact) mass is 527 g/mol. The van der Waals surface area contributed by atoms with E-state index in [-0.39, 0.29) is 11.5 Å². The minimum absolute atomic E-state index is 0.183. The van der Waals surface area contributed by atoms with E-state index < -0.39 is 24.5 Å². The lowest BCUT2D eigenvalue weighted by atomic mass is 9.79. The molecular weight excluding hydrogens is 506 g/mol. The van der Waals surface area contributed by atoms with E-state index in [4.69, 9.17) is 19.3 Å². The topological polar surface area (TPSA) is 111 Å². The summed E-state index contributed by atoms with van der Waals surface area (Å²) in [6, 6.07) is 10.6. The lowest BCUT2D eigenvalue weighted by Gasteiger charge is -2.29. The van der Waals surface area contributed by atoms with Crippen LogP contribution in [0.3, 0.4) is 0 Å². The number of rotatable bonds is 7. The number of carboxylic acid groups (broad SMARTS) is 1. The first kappa shape index (κ1) is 23.6. The number of benzene rings is 2. The molecule has 0 bridgehead atoms. The van der Waals surface area contributed by atoms with E-state index in [1.54, 1.807) is 38.1 Å². The van der Waals surface area contributed by atoms with Crippen molar-refractivity contribution in [2.75, 3.05) is 20.3 Å². The maximum Gasteiger partial charge on any atom is 0.341 e. The van der Waals surface area contributed by atoms with Gasteiger partial charge in [0.05, 0.1) is 29.5 Å². The van der Waals surface area contributed by atoms with Crippen molar-refractivity contribution in [1.82, 2.24) is 5.32 Å². The molecular formula is C25H22BrNO7. The number of ketones is 1. The summed E-state index contributed by atoms with van der Waals surface area (Å²) in [6.07, 6.45) is 0. The van der Waals surface area contributed by atoms with Crippen LogP contribution in [0.25, 0.3) is 5.70 Å². The zero-order valence-corrected chi connectivity index (χ0v) is 20.3. The van der Waals surface area contributed by atoms with Crippen molar-refractivity contribution < 1.29 is 33.7 Å². The number of fused-ring (bicyclic) bond motifs is 2. The SMILES string of the molecule is CCOc1cc([C@H]2C(C(=O)OC)=C(C)NC3=C2C(=O)c2ccccc23)cc(Br)c1OCC(=O)O. The Morgan fingerprint density at radius 3 is 2.50 bits per heavy atom. The van der Waals surface area contributed by atoms with Crippen LogP contribution in [0.4, 0.5) is 0 Å². The van der Waals surface area contributed by atoms with Gasteiger partial charge in [0.25, 0.3) is 0 Å². The minimum Gasteiger partial charge on any atom is -0.490 e. The predicted octanol–water partition coefficient (Wildman–Crippen LogP) is 4.05. The summed E-state index contributed by atoms with van der Waals surface area (Å²) < 4.78 is 16.7. The van der Waals surface area contributed by atoms with E-state index in [0.29, 0.717) is 50.5 Å². The third-order valence-electron chi connectivity index (χ3n) is 5.66. The Balaban J connectivity index is 1.92. The normalized spacial score (nSPS) is 16.6. The van der Waals surface area contributed by atoms with Crippen LogP contribution in [0.1, 0.15) is 41.3 Å². The second kappa shape index (κ2) is 9.34. The van der Waals surface area contributed by atoms with Crippen molar-refractivity contribution in [1.29, 1.82) is 0 Å². The van der Waals surface area contributed by atoms with Gasteiger partial charge in [0.1, 0.15) is 0 Å². The fraction of sp³-hybridized carbons (Fsp3) is 0.240. The average Bonchev–Trinajstić information content (AvgIpc) is 3.08. The second-order valence-corrected chi connectivity index (χ2v) is 8.55. The van der Waals surface area contributed by atoms with Crippen molar-refractivity contribution in [3.63, 3.8) is 0 Å². The van der Waals surface area contributed by atoms with Gasteiger partial charge in [0, 0.05) is 28.3 Å². The van der Waals surface area contributed by atoms with Gasteiger partial charge in [0.2, 0.25) is 0 Å². The molecule has 0 aromatic heterocycles. The highest BCUT2D eigenvalue weighted by Crippen LogP contribution is 2.49. The summed E-state index contributed by atoms with van der Waals surface area (Å²) in [5.74, 6) is -2.11. The van der Waals surface area contributed by atoms with Crippen LogP contribution in [0.5, 0.6) is 11.5 Å². The van der Waals surface area contributed by atoms with Crippen molar-refractivity contribution in [3.8, 4) is 11.5 Å². The highest BCUT2D eigenvalue weighted by molar-refractivity contribution is 9.10. The minimum atomic E-state index is -1.13. The first-order chi connectivity index (χ1) is 16.3. The summed E-state index contributed by atoms with van der Waals surface area (Å²) >= 11 is 3.44. The molecule has 0 spiro atoms. The van der Waals surface area contributed by atoms with Crippen LogP contribution < -0.4 is 14.8 Å². The van der Waals surface area contributed by atoms with Gasteiger partial charge >= 0.3 is 11.9 Å². The molecule has 2 N–H and O–H groups in total. The fourth-order valence-corrected chi connectivity index (χ4v) is 4.91. The molecule has 2 aromatic carbocycles. The summed E-state index contributed by atoms with van der Waals surface area (Å²) in [7, 11) is 1.29. The number of methoxy groups -OCH3 is 1. The number of esters is 1. The number of nitrogens with one attached hydrogen (secondary N) is 1. The van der Waals surface area contributed by atoms with Gasteiger partial charge in [-0.3, -0.25) is 4.79 Å². The fourth-order valence-electron chi connectivity index (χ4n) is 4.33. The molecule has 8 nitrogen and oxygen atoms in total. The van der Waals surface area contributed by atoms with Crippen molar-refractivity contribution in [2.45, 2.75) is 19.8 Å². The van der Waals surface area contributed by atoms with E-state index in [9.17, 15) is 14.4 Å². The summed E-state index contributed by atoms with van der Waals surface area (Å²) in [5.41, 5.74) is 3.86. The molecule has 1 aliphatic heterocycles. The average molecular weight is 528 g/mol. The Kier molecular flexibility index (Phi) is 6.47. The Morgan fingerprint density at radius 1 is 1.15 bits per heavy atom. The van der Waals surface area contributed by atoms with E-state index >= 15 is 0 Å². The van der Waals surface area contributed by atoms with Gasteiger partial charge in [-0.25, -0.2) is 9.59 Å². The van der Waals surface area contributed by atoms with Crippen LogP contribution in [0.2, 0.25) is 0 Å². The van der Waals surface area contributed by atoms with Gasteiger partial charge < -0.3 is 24.6 Å². The van der Waals surface area contributed by atoms with E-state index in [2.05, 4.69) is 21.2 Å². The molecule has 34 heavy (non-hydrogen) atoms. The van der Waals surface area contributed by atoms with Crippen LogP contribution in [-0.2, 0) is 14.3 Å². The molecule has 4 rings (SSSR count). The van der Waals surface area contributed by atoms with Crippen LogP contribution >= 0.6 is 15.9 Å². The smallest absolute Gasteiger partial charge is 0.341 e. The summed E-state index contributed by atoms with van der Waals surface area (Å²) in [6.45, 7) is 3.29. The third-order valence-corrected chi connectivity index (χ3v) is 6.25. The molecule has 0 fully saturated rings. The maximum absolute atomic E-state index is 13.5. The molecule has 1 aliphatic carbocycles. The number of carbonyl (C=O) groups is 3. The first-order valence-corrected chi connectivity index (χ1v) is 11.3. The van der Waals surface area contributed by atoms with Gasteiger partial charge in [-0.05, 0) is 47.5 Å². The number of hydrogen-bond acceptors (Lipinski definition) is 7. The van der Waals surface area contributed by atoms with Crippen molar-refractivity contribution in [2.24, 2.45) is 0 Å². The molecule has 0 unspecified atom stereocenters. The molecule has 0 amide bonds. The summed E-state index contributed by atoms with van der Waals surface area (Å²) in [5, 5.41) is 12.3. The number of hydrogen-bond donors (Lipinski definition) is 2. The molecule has 9 heteroatoms. The lowest BCUT2D eigenvalue weighted by molar-refractivity contribution is -0.139. The molecule has 2 aromatic rings. The molecule has 0 saturated carbocycles. The highest BCUT2D eigenvalue weighted by Gasteiger charge is 2.43. The van der Waals surface area contributed by atoms with E-state index in [1.807, 2.05) is 12.1 Å². The van der Waals surface area contributed by atoms with Crippen molar-refractivity contribution in [3.05, 3.63) is 74.4 Å². The summed E-state index contributed by atoms with van der Waals surface area (Å²) in [4.78, 5) is 37.4. The zero-order valence-electron chi connectivity index (χ0n) is 18.7. The highest BCUT2D eigenvalue weighted by atomic mass is 79.9. The molecule has 1 atom stereocenters. The van der Waals surface area contributed by atoms with E-state index in [1.165, 1.54) is 7.11 Å². The molecule has 2 aliphatic rings. The quantitative estimate of drug-likeness (QED) is 0.518. The predicted molar refractivity (Wildman–Crippen MR) is 127 cm³/mol. The Morgan fingerprint density at radius 2 is 1.85 bits per heavy atom. The maximum atomic E-state index is 13.5. The van der Waals surface area contributed by atoms with Crippen LogP contribution in [-0.4, -0.2) is 43.2 Å². The Bertz CT molecular complexity index is 1280. The van der Waals surface area contributed by atoms with Crippen LogP contribution in [0.15, 0.2) is 57.7 Å². The molecule has 0 saturated heterocycles. The molecule has 176 valence electrons. The second-order valence-electron chi connectivity index (χ2n) is 7.70. The number of allylic oxidation sites excluding steroid dienone is 2. The third kappa shape index (κ3) is 3.96. The standard InChI is InChI=1S/C25H22BrNO7/c1-4-33-17-10-13(9-16(26)24(17)34-11-18(28)29)20-19(25(31)32-3)12(2)27-22-14-7-5-6-8-15(14)23(30)21(20)22/h5-10,20,27H,4,11H2,1-3H3,(H,28,29)/t20-/m0/s1. The number of ether oxygens (including phenoxy) is 3. The van der Waals surface area contributed by atoms with E-state index in [0.717, 1.165) is 5.56 Å². The number of carboxylic acids is 1. The van der Waals surface area contributed by atoms with Crippen molar-refractivity contribution >= 4 is 39.3 Å². The van der Waals surface area contributed by atoms with Gasteiger partial charge in [-0.2, -0.15) is 0 Å². The Hall–Kier alpha value is -3.59. The number of halogens is 1. The zero-order chi connectivity index (χ0) is 24.6.